The largest absolute Gasteiger partial charge is 0.497 e. The van der Waals surface area contributed by atoms with Crippen LogP contribution in [0, 0.1) is 0 Å². The van der Waals surface area contributed by atoms with Crippen molar-refractivity contribution in [2.24, 2.45) is 0 Å². The number of anilines is 1. The van der Waals surface area contributed by atoms with Crippen molar-refractivity contribution in [3.05, 3.63) is 65.7 Å². The minimum atomic E-state index is -4.61. The minimum Gasteiger partial charge on any atom is -0.497 e. The number of rotatable bonds is 6. The van der Waals surface area contributed by atoms with Crippen LogP contribution in [0.1, 0.15) is 11.1 Å². The van der Waals surface area contributed by atoms with E-state index in [4.69, 9.17) is 9.47 Å². The number of amides is 1. The summed E-state index contributed by atoms with van der Waals surface area (Å²) in [5.41, 5.74) is -0.680. The van der Waals surface area contributed by atoms with Crippen molar-refractivity contribution < 1.29 is 32.2 Å². The van der Waals surface area contributed by atoms with Crippen molar-refractivity contribution in [3.63, 3.8) is 0 Å². The maximum Gasteiger partial charge on any atom is 0.418 e. The highest BCUT2D eigenvalue weighted by molar-refractivity contribution is 5.95. The smallest absolute Gasteiger partial charge is 0.418 e. The van der Waals surface area contributed by atoms with E-state index in [1.807, 2.05) is 0 Å². The topological polar surface area (TPSA) is 64.6 Å². The third-order valence-corrected chi connectivity index (χ3v) is 3.38. The van der Waals surface area contributed by atoms with E-state index in [-0.39, 0.29) is 0 Å². The number of hydrogen-bond donors (Lipinski definition) is 1. The Hall–Kier alpha value is -3.29. The van der Waals surface area contributed by atoms with E-state index in [0.717, 1.165) is 18.2 Å². The zero-order chi connectivity index (χ0) is 19.9. The molecule has 0 spiro atoms. The molecule has 0 unspecified atom stereocenters. The molecule has 0 heterocycles. The van der Waals surface area contributed by atoms with Crippen LogP contribution in [-0.2, 0) is 20.5 Å². The Labute approximate surface area is 153 Å². The standard InChI is InChI=1S/C19H16F3NO4/c1-26-14-9-6-13(7-10-14)8-11-18(25)27-12-17(24)23-16-5-3-2-4-15(16)19(20,21)22/h2-11H,12H2,1H3,(H,23,24). The molecule has 0 atom stereocenters. The first-order valence-electron chi connectivity index (χ1n) is 7.74. The zero-order valence-electron chi connectivity index (χ0n) is 14.2. The predicted molar refractivity (Wildman–Crippen MR) is 93.1 cm³/mol. The van der Waals surface area contributed by atoms with Gasteiger partial charge < -0.3 is 14.8 Å². The summed E-state index contributed by atoms with van der Waals surface area (Å²) in [7, 11) is 1.53. The normalized spacial score (nSPS) is 11.3. The molecule has 8 heteroatoms. The van der Waals surface area contributed by atoms with Crippen LogP contribution in [0.3, 0.4) is 0 Å². The van der Waals surface area contributed by atoms with Gasteiger partial charge in [-0.05, 0) is 35.9 Å². The van der Waals surface area contributed by atoms with Crippen LogP contribution < -0.4 is 10.1 Å². The van der Waals surface area contributed by atoms with E-state index in [9.17, 15) is 22.8 Å². The second-order valence-corrected chi connectivity index (χ2v) is 5.31. The molecule has 0 aliphatic heterocycles. The number of methoxy groups -OCH3 is 1. The molecular formula is C19H16F3NO4. The van der Waals surface area contributed by atoms with Crippen LogP contribution in [-0.4, -0.2) is 25.6 Å². The molecule has 1 amide bonds. The second kappa shape index (κ2) is 8.88. The lowest BCUT2D eigenvalue weighted by Gasteiger charge is -2.13. The maximum atomic E-state index is 12.9. The molecule has 5 nitrogen and oxygen atoms in total. The molecule has 1 N–H and O–H groups in total. The molecule has 0 saturated heterocycles. The Balaban J connectivity index is 1.88. The first-order valence-corrected chi connectivity index (χ1v) is 7.74. The van der Waals surface area contributed by atoms with Gasteiger partial charge in [-0.15, -0.1) is 0 Å². The zero-order valence-corrected chi connectivity index (χ0v) is 14.2. The van der Waals surface area contributed by atoms with Gasteiger partial charge in [0.25, 0.3) is 5.91 Å². The van der Waals surface area contributed by atoms with E-state index in [0.29, 0.717) is 11.3 Å². The maximum absolute atomic E-state index is 12.9. The Morgan fingerprint density at radius 2 is 1.74 bits per heavy atom. The van der Waals surface area contributed by atoms with Gasteiger partial charge in [0.05, 0.1) is 18.4 Å². The van der Waals surface area contributed by atoms with E-state index < -0.39 is 35.9 Å². The lowest BCUT2D eigenvalue weighted by molar-refractivity contribution is -0.142. The molecule has 0 fully saturated rings. The summed E-state index contributed by atoms with van der Waals surface area (Å²) in [5.74, 6) is -1.02. The first kappa shape index (κ1) is 20.0. The highest BCUT2D eigenvalue weighted by Crippen LogP contribution is 2.34. The summed E-state index contributed by atoms with van der Waals surface area (Å²) in [6.07, 6.45) is -2.03. The predicted octanol–water partition coefficient (Wildman–Crippen LogP) is 3.91. The van der Waals surface area contributed by atoms with Crippen LogP contribution in [0.2, 0.25) is 0 Å². The summed E-state index contributed by atoms with van der Waals surface area (Å²) >= 11 is 0. The number of esters is 1. The molecule has 0 aliphatic carbocycles. The van der Waals surface area contributed by atoms with Crippen molar-refractivity contribution in [2.45, 2.75) is 6.18 Å². The van der Waals surface area contributed by atoms with Crippen LogP contribution in [0.5, 0.6) is 5.75 Å². The minimum absolute atomic E-state index is 0.403. The first-order chi connectivity index (χ1) is 12.8. The SMILES string of the molecule is COc1ccc(C=CC(=O)OCC(=O)Nc2ccccc2C(F)(F)F)cc1. The fraction of sp³-hybridized carbons (Fsp3) is 0.158. The molecular weight excluding hydrogens is 363 g/mol. The molecule has 0 saturated carbocycles. The van der Waals surface area contributed by atoms with Gasteiger partial charge in [0, 0.05) is 6.08 Å². The fourth-order valence-corrected chi connectivity index (χ4v) is 2.09. The van der Waals surface area contributed by atoms with Crippen LogP contribution in [0.15, 0.2) is 54.6 Å². The summed E-state index contributed by atoms with van der Waals surface area (Å²) < 4.78 is 48.3. The quantitative estimate of drug-likeness (QED) is 0.611. The van der Waals surface area contributed by atoms with Crippen molar-refractivity contribution in [2.75, 3.05) is 19.0 Å². The number of ether oxygens (including phenoxy) is 2. The molecule has 0 aliphatic rings. The van der Waals surface area contributed by atoms with Crippen LogP contribution >= 0.6 is 0 Å². The Bertz CT molecular complexity index is 830. The summed E-state index contributed by atoms with van der Waals surface area (Å²) in [5, 5.41) is 2.08. The average molecular weight is 379 g/mol. The van der Waals surface area contributed by atoms with Crippen molar-refractivity contribution in [1.29, 1.82) is 0 Å². The van der Waals surface area contributed by atoms with Crippen LogP contribution in [0.25, 0.3) is 6.08 Å². The molecule has 2 aromatic carbocycles. The number of halogens is 3. The summed E-state index contributed by atoms with van der Waals surface area (Å²) in [4.78, 5) is 23.4. The summed E-state index contributed by atoms with van der Waals surface area (Å²) in [6, 6.07) is 11.4. The number of alkyl halides is 3. The number of hydrogen-bond acceptors (Lipinski definition) is 4. The monoisotopic (exact) mass is 379 g/mol. The molecule has 27 heavy (non-hydrogen) atoms. The van der Waals surface area contributed by atoms with Gasteiger partial charge >= 0.3 is 12.1 Å². The third-order valence-electron chi connectivity index (χ3n) is 3.38. The van der Waals surface area contributed by atoms with E-state index in [2.05, 4.69) is 5.32 Å². The van der Waals surface area contributed by atoms with E-state index >= 15 is 0 Å². The number of carbonyl (C=O) groups is 2. The van der Waals surface area contributed by atoms with Crippen molar-refractivity contribution >= 4 is 23.6 Å². The number of benzene rings is 2. The van der Waals surface area contributed by atoms with E-state index in [1.165, 1.54) is 25.3 Å². The third kappa shape index (κ3) is 6.18. The molecule has 0 bridgehead atoms. The average Bonchev–Trinajstić information content (AvgIpc) is 2.64. The summed E-state index contributed by atoms with van der Waals surface area (Å²) in [6.45, 7) is -0.710. The van der Waals surface area contributed by atoms with Gasteiger partial charge in [0.2, 0.25) is 0 Å². The Morgan fingerprint density at radius 3 is 2.37 bits per heavy atom. The van der Waals surface area contributed by atoms with Gasteiger partial charge in [-0.25, -0.2) is 4.79 Å². The highest BCUT2D eigenvalue weighted by atomic mass is 19.4. The molecule has 142 valence electrons. The lowest BCUT2D eigenvalue weighted by atomic mass is 10.1. The fourth-order valence-electron chi connectivity index (χ4n) is 2.09. The molecule has 2 aromatic rings. The Kier molecular flexibility index (Phi) is 6.59. The Morgan fingerprint density at radius 1 is 1.07 bits per heavy atom. The van der Waals surface area contributed by atoms with Crippen molar-refractivity contribution in [3.8, 4) is 5.75 Å². The van der Waals surface area contributed by atoms with Gasteiger partial charge in [0.15, 0.2) is 6.61 Å². The molecule has 0 radical (unpaired) electrons. The van der Waals surface area contributed by atoms with E-state index in [1.54, 1.807) is 24.3 Å². The highest BCUT2D eigenvalue weighted by Gasteiger charge is 2.33. The lowest BCUT2D eigenvalue weighted by Crippen LogP contribution is -2.22. The van der Waals surface area contributed by atoms with Gasteiger partial charge in [-0.1, -0.05) is 24.3 Å². The number of nitrogens with one attached hydrogen (secondary N) is 1. The second-order valence-electron chi connectivity index (χ2n) is 5.31. The number of carbonyl (C=O) groups excluding carboxylic acids is 2. The van der Waals surface area contributed by atoms with Crippen molar-refractivity contribution in [1.82, 2.24) is 0 Å². The molecule has 2 rings (SSSR count). The van der Waals surface area contributed by atoms with Gasteiger partial charge in [0.1, 0.15) is 5.75 Å². The molecule has 0 aromatic heterocycles. The van der Waals surface area contributed by atoms with Crippen LogP contribution in [0.4, 0.5) is 18.9 Å². The number of para-hydroxylation sites is 1. The van der Waals surface area contributed by atoms with Gasteiger partial charge in [-0.3, -0.25) is 4.79 Å². The van der Waals surface area contributed by atoms with Gasteiger partial charge in [-0.2, -0.15) is 13.2 Å².